The fourth-order valence-corrected chi connectivity index (χ4v) is 8.65. The normalized spacial score (nSPS) is 53.4. The maximum absolute atomic E-state index is 6.65. The van der Waals surface area contributed by atoms with Gasteiger partial charge in [-0.1, -0.05) is 39.2 Å². The third-order valence-corrected chi connectivity index (χ3v) is 10.4. The molecule has 0 amide bonds. The summed E-state index contributed by atoms with van der Waals surface area (Å²) in [6, 6.07) is 0.560. The van der Waals surface area contributed by atoms with Crippen molar-refractivity contribution in [3.63, 3.8) is 0 Å². The average molecular weight is 400 g/mol. The molecule has 0 aromatic rings. The van der Waals surface area contributed by atoms with Crippen molar-refractivity contribution in [2.45, 2.75) is 104 Å². The van der Waals surface area contributed by atoms with Gasteiger partial charge in [-0.2, -0.15) is 0 Å². The van der Waals surface area contributed by atoms with E-state index in [0.29, 0.717) is 17.6 Å². The van der Waals surface area contributed by atoms with Crippen LogP contribution in [-0.4, -0.2) is 25.3 Å². The van der Waals surface area contributed by atoms with Crippen molar-refractivity contribution < 1.29 is 4.74 Å². The number of piperidine rings is 1. The van der Waals surface area contributed by atoms with Gasteiger partial charge in [-0.05, 0) is 111 Å². The number of fused-ring (bicyclic) bond motifs is 6. The molecule has 164 valence electrons. The first-order valence-electron chi connectivity index (χ1n) is 13.0. The molecule has 4 fully saturated rings. The van der Waals surface area contributed by atoms with Crippen LogP contribution < -0.4 is 5.32 Å². The molecule has 1 N–H and O–H groups in total. The second kappa shape index (κ2) is 7.97. The Morgan fingerprint density at radius 1 is 1.03 bits per heavy atom. The summed E-state index contributed by atoms with van der Waals surface area (Å²) in [7, 11) is 0. The number of nitrogens with one attached hydrogen (secondary N) is 1. The van der Waals surface area contributed by atoms with E-state index >= 15 is 0 Å². The summed E-state index contributed by atoms with van der Waals surface area (Å²) >= 11 is 0. The molecule has 2 heteroatoms. The zero-order valence-electron chi connectivity index (χ0n) is 19.5. The van der Waals surface area contributed by atoms with E-state index in [9.17, 15) is 0 Å². The topological polar surface area (TPSA) is 21.3 Å². The number of hydrogen-bond donors (Lipinski definition) is 1. The highest BCUT2D eigenvalue weighted by Crippen LogP contribution is 2.63. The number of rotatable bonds is 0. The highest BCUT2D eigenvalue weighted by atomic mass is 16.5. The Bertz CT molecular complexity index is 640. The third-order valence-electron chi connectivity index (χ3n) is 10.4. The zero-order chi connectivity index (χ0) is 20.2. The summed E-state index contributed by atoms with van der Waals surface area (Å²) in [6.45, 7) is 12.0. The van der Waals surface area contributed by atoms with Crippen LogP contribution in [0, 0.1) is 40.9 Å². The Kier molecular flexibility index (Phi) is 5.65. The monoisotopic (exact) mass is 399 g/mol. The van der Waals surface area contributed by atoms with Crippen LogP contribution >= 0.6 is 0 Å². The Hall–Kier alpha value is -0.340. The molecule has 2 aliphatic heterocycles. The van der Waals surface area contributed by atoms with Crippen LogP contribution in [0.4, 0.5) is 0 Å². The van der Waals surface area contributed by atoms with Crippen molar-refractivity contribution in [2.24, 2.45) is 40.9 Å². The van der Waals surface area contributed by atoms with E-state index in [-0.39, 0.29) is 0 Å². The van der Waals surface area contributed by atoms with Crippen molar-refractivity contribution in [1.29, 1.82) is 0 Å². The molecule has 0 bridgehead atoms. The van der Waals surface area contributed by atoms with Crippen LogP contribution in [-0.2, 0) is 4.74 Å². The standard InChI is InChI=1S/C27H45NO/c1-17-13-25-26(28-15-17)18(2)8-10-21-22-11-9-20-7-5-6-12-27(20,4)24(22)14-23(21)19(3)16-29-25/h17-18,20-22,24-26,28H,5-16H2,1-4H3/b23-19-/t17-,18-,20-,21-,22-,24-,25+,26-,27-/m0/s1. The van der Waals surface area contributed by atoms with E-state index in [0.717, 1.165) is 42.1 Å². The zero-order valence-corrected chi connectivity index (χ0v) is 19.5. The fraction of sp³-hybridized carbons (Fsp3) is 0.926. The molecule has 29 heavy (non-hydrogen) atoms. The summed E-state index contributed by atoms with van der Waals surface area (Å²) in [5.74, 6) is 5.24. The van der Waals surface area contributed by atoms with Gasteiger partial charge < -0.3 is 10.1 Å². The molecule has 1 saturated heterocycles. The van der Waals surface area contributed by atoms with Gasteiger partial charge in [0.15, 0.2) is 0 Å². The van der Waals surface area contributed by atoms with Gasteiger partial charge in [0.1, 0.15) is 0 Å². The lowest BCUT2D eigenvalue weighted by atomic mass is 9.52. The van der Waals surface area contributed by atoms with Gasteiger partial charge in [0.25, 0.3) is 0 Å². The van der Waals surface area contributed by atoms with Crippen molar-refractivity contribution >= 4 is 0 Å². The van der Waals surface area contributed by atoms with Crippen molar-refractivity contribution in [3.05, 3.63) is 11.1 Å². The van der Waals surface area contributed by atoms with E-state index in [1.807, 2.05) is 5.57 Å². The largest absolute Gasteiger partial charge is 0.372 e. The molecule has 0 aromatic heterocycles. The van der Waals surface area contributed by atoms with Crippen LogP contribution in [0.3, 0.4) is 0 Å². The Morgan fingerprint density at radius 3 is 2.76 bits per heavy atom. The molecule has 5 aliphatic rings. The molecule has 9 atom stereocenters. The van der Waals surface area contributed by atoms with Crippen LogP contribution in [0.25, 0.3) is 0 Å². The van der Waals surface area contributed by atoms with Crippen LogP contribution in [0.2, 0.25) is 0 Å². The highest BCUT2D eigenvalue weighted by Gasteiger charge is 2.54. The van der Waals surface area contributed by atoms with Gasteiger partial charge >= 0.3 is 0 Å². The maximum atomic E-state index is 6.65. The lowest BCUT2D eigenvalue weighted by molar-refractivity contribution is -0.0317. The Morgan fingerprint density at radius 2 is 1.90 bits per heavy atom. The minimum atomic E-state index is 0.407. The quantitative estimate of drug-likeness (QED) is 0.479. The van der Waals surface area contributed by atoms with Gasteiger partial charge in [0.05, 0.1) is 12.7 Å². The molecule has 0 spiro atoms. The minimum Gasteiger partial charge on any atom is -0.372 e. The predicted molar refractivity (Wildman–Crippen MR) is 121 cm³/mol. The van der Waals surface area contributed by atoms with E-state index in [1.165, 1.54) is 70.8 Å². The maximum Gasteiger partial charge on any atom is 0.0738 e. The van der Waals surface area contributed by atoms with Crippen LogP contribution in [0.15, 0.2) is 11.1 Å². The lowest BCUT2D eigenvalue weighted by Crippen LogP contribution is -2.52. The molecular formula is C27H45NO. The molecule has 0 aromatic carbocycles. The fourth-order valence-electron chi connectivity index (χ4n) is 8.65. The molecule has 2 heterocycles. The van der Waals surface area contributed by atoms with Crippen LogP contribution in [0.5, 0.6) is 0 Å². The smallest absolute Gasteiger partial charge is 0.0738 e. The molecule has 0 unspecified atom stereocenters. The highest BCUT2D eigenvalue weighted by molar-refractivity contribution is 5.25. The van der Waals surface area contributed by atoms with Crippen molar-refractivity contribution in [1.82, 2.24) is 5.32 Å². The first-order chi connectivity index (χ1) is 14.0. The Balaban J connectivity index is 1.42. The average Bonchev–Trinajstić information content (AvgIpc) is 3.09. The summed E-state index contributed by atoms with van der Waals surface area (Å²) < 4.78 is 6.65. The van der Waals surface area contributed by atoms with E-state index < -0.39 is 0 Å². The van der Waals surface area contributed by atoms with E-state index in [1.54, 1.807) is 5.57 Å². The number of hydrogen-bond acceptors (Lipinski definition) is 2. The molecule has 3 saturated carbocycles. The second-order valence-corrected chi connectivity index (χ2v) is 12.1. The van der Waals surface area contributed by atoms with E-state index in [2.05, 4.69) is 33.0 Å². The van der Waals surface area contributed by atoms with Gasteiger partial charge in [0.2, 0.25) is 0 Å². The number of allylic oxidation sites excluding steroid dienone is 1. The minimum absolute atomic E-state index is 0.407. The summed E-state index contributed by atoms with van der Waals surface area (Å²) in [4.78, 5) is 0. The van der Waals surface area contributed by atoms with Crippen molar-refractivity contribution in [3.8, 4) is 0 Å². The summed E-state index contributed by atoms with van der Waals surface area (Å²) in [6.07, 6.45) is 14.8. The second-order valence-electron chi connectivity index (χ2n) is 12.1. The van der Waals surface area contributed by atoms with E-state index in [4.69, 9.17) is 4.74 Å². The lowest BCUT2D eigenvalue weighted by Gasteiger charge is -2.52. The summed E-state index contributed by atoms with van der Waals surface area (Å²) in [5.41, 5.74) is 4.07. The van der Waals surface area contributed by atoms with Gasteiger partial charge in [0, 0.05) is 6.04 Å². The first kappa shape index (κ1) is 20.6. The molecule has 2 nitrogen and oxygen atoms in total. The molecule has 5 rings (SSSR count). The van der Waals surface area contributed by atoms with Crippen LogP contribution in [0.1, 0.15) is 91.9 Å². The van der Waals surface area contributed by atoms with Gasteiger partial charge in [-0.3, -0.25) is 0 Å². The number of ether oxygens (including phenoxy) is 1. The summed E-state index contributed by atoms with van der Waals surface area (Å²) in [5, 5.41) is 3.87. The molecular weight excluding hydrogens is 354 g/mol. The van der Waals surface area contributed by atoms with Crippen molar-refractivity contribution in [2.75, 3.05) is 13.2 Å². The van der Waals surface area contributed by atoms with Gasteiger partial charge in [-0.15, -0.1) is 0 Å². The first-order valence-corrected chi connectivity index (χ1v) is 13.0. The molecule has 0 radical (unpaired) electrons. The predicted octanol–water partition coefficient (Wildman–Crippen LogP) is 6.36. The molecule has 3 aliphatic carbocycles. The third kappa shape index (κ3) is 3.55. The SMILES string of the molecule is C/C1=C2\C[C@H]3[C@@H](CC[C@@H]4CCCC[C@@]43C)[C@@H]2CC[C@H](C)[C@@H]2NC[C@@H](C)C[C@H]2OC1. The van der Waals surface area contributed by atoms with Gasteiger partial charge in [-0.25, -0.2) is 0 Å². The Labute approximate surface area is 179 Å².